The second kappa shape index (κ2) is 8.81. The Kier molecular flexibility index (Phi) is 6.66. The lowest BCUT2D eigenvalue weighted by atomic mass is 9.91. The van der Waals surface area contributed by atoms with Crippen LogP contribution in [0.3, 0.4) is 0 Å². The Morgan fingerprint density at radius 3 is 1.88 bits per heavy atom. The van der Waals surface area contributed by atoms with Crippen molar-refractivity contribution >= 4 is 0 Å². The molecule has 1 aliphatic heterocycles. The van der Waals surface area contributed by atoms with Gasteiger partial charge in [-0.1, -0.05) is 18.2 Å². The van der Waals surface area contributed by atoms with E-state index in [1.165, 1.54) is 12.1 Å². The Balaban J connectivity index is 2.10. The van der Waals surface area contributed by atoms with Crippen molar-refractivity contribution in [2.24, 2.45) is 0 Å². The zero-order valence-corrected chi connectivity index (χ0v) is 16.2. The second-order valence-electron chi connectivity index (χ2n) is 7.10. The molecule has 1 fully saturated rings. The van der Waals surface area contributed by atoms with E-state index in [1.807, 2.05) is 0 Å². The van der Waals surface area contributed by atoms with Crippen molar-refractivity contribution in [3.8, 4) is 5.75 Å². The van der Waals surface area contributed by atoms with Gasteiger partial charge in [0.1, 0.15) is 5.75 Å². The topological polar surface area (TPSA) is 24.5 Å². The largest absolute Gasteiger partial charge is 0.573 e. The Bertz CT molecular complexity index is 915. The minimum atomic E-state index is -5.08. The number of hydrogen-bond acceptors (Lipinski definition) is 3. The van der Waals surface area contributed by atoms with E-state index in [4.69, 9.17) is 0 Å². The third kappa shape index (κ3) is 5.85. The fourth-order valence-electron chi connectivity index (χ4n) is 3.60. The summed E-state index contributed by atoms with van der Waals surface area (Å²) in [7, 11) is 0. The van der Waals surface area contributed by atoms with Crippen molar-refractivity contribution < 1.29 is 44.3 Å². The van der Waals surface area contributed by atoms with Crippen molar-refractivity contribution in [2.75, 3.05) is 26.2 Å². The number of nitrogens with zero attached hydrogens (tertiary/aromatic N) is 1. The maximum absolute atomic E-state index is 13.8. The van der Waals surface area contributed by atoms with E-state index < -0.39 is 47.2 Å². The summed E-state index contributed by atoms with van der Waals surface area (Å²) in [6, 6.07) is 4.53. The summed E-state index contributed by atoms with van der Waals surface area (Å²) in [4.78, 5) is 1.63. The SMILES string of the molecule is FC(F)(F)Oc1ccc([C@@H](c2ccc(C(F)(F)F)cc2C(F)(F)F)N2CCNCC2)cc1. The lowest BCUT2D eigenvalue weighted by Gasteiger charge is -2.37. The fourth-order valence-corrected chi connectivity index (χ4v) is 3.60. The predicted molar refractivity (Wildman–Crippen MR) is 95.9 cm³/mol. The third-order valence-electron chi connectivity index (χ3n) is 4.93. The van der Waals surface area contributed by atoms with Gasteiger partial charge in [0.25, 0.3) is 0 Å². The number of rotatable bonds is 4. The molecule has 2 aromatic rings. The van der Waals surface area contributed by atoms with Crippen molar-refractivity contribution in [3.63, 3.8) is 0 Å². The van der Waals surface area contributed by atoms with E-state index in [-0.39, 0.29) is 24.7 Å². The summed E-state index contributed by atoms with van der Waals surface area (Å²) < 4.78 is 122. The van der Waals surface area contributed by atoms with E-state index in [0.717, 1.165) is 18.2 Å². The summed E-state index contributed by atoms with van der Waals surface area (Å²) in [6.45, 7) is 1.41. The Labute approximate surface area is 176 Å². The molecule has 0 aliphatic carbocycles. The van der Waals surface area contributed by atoms with Crippen LogP contribution in [0.15, 0.2) is 42.5 Å². The molecule has 0 bridgehead atoms. The fraction of sp³-hybridized carbons (Fsp3) is 0.400. The molecule has 3 nitrogen and oxygen atoms in total. The molecule has 1 aliphatic rings. The van der Waals surface area contributed by atoms with Gasteiger partial charge in [0, 0.05) is 26.2 Å². The van der Waals surface area contributed by atoms with Gasteiger partial charge in [-0.05, 0) is 35.4 Å². The first-order valence-electron chi connectivity index (χ1n) is 9.34. The molecular formula is C20H17F9N2O. The van der Waals surface area contributed by atoms with Crippen LogP contribution in [0.25, 0.3) is 0 Å². The van der Waals surface area contributed by atoms with E-state index in [1.54, 1.807) is 4.90 Å². The minimum absolute atomic E-state index is 0.0612. The maximum Gasteiger partial charge on any atom is 0.573 e. The lowest BCUT2D eigenvalue weighted by Crippen LogP contribution is -2.45. The van der Waals surface area contributed by atoms with Gasteiger partial charge >= 0.3 is 18.7 Å². The smallest absolute Gasteiger partial charge is 0.406 e. The van der Waals surface area contributed by atoms with Gasteiger partial charge in [-0.3, -0.25) is 4.90 Å². The minimum Gasteiger partial charge on any atom is -0.406 e. The standard InChI is InChI=1S/C20H17F9N2O/c21-18(22,23)13-3-6-15(16(11-13)19(24,25)26)17(31-9-7-30-8-10-31)12-1-4-14(5-2-12)32-20(27,28)29/h1-6,11,17,30H,7-10H2/t17-/m0/s1. The average Bonchev–Trinajstić information content (AvgIpc) is 2.68. The van der Waals surface area contributed by atoms with Gasteiger partial charge in [0.2, 0.25) is 0 Å². The Hall–Kier alpha value is -2.47. The highest BCUT2D eigenvalue weighted by Crippen LogP contribution is 2.42. The van der Waals surface area contributed by atoms with E-state index in [0.29, 0.717) is 19.2 Å². The average molecular weight is 472 g/mol. The number of ether oxygens (including phenoxy) is 1. The van der Waals surface area contributed by atoms with Crippen LogP contribution in [-0.2, 0) is 12.4 Å². The highest BCUT2D eigenvalue weighted by molar-refractivity contribution is 5.43. The lowest BCUT2D eigenvalue weighted by molar-refractivity contribution is -0.274. The zero-order valence-electron chi connectivity index (χ0n) is 16.2. The highest BCUT2D eigenvalue weighted by Gasteiger charge is 2.41. The van der Waals surface area contributed by atoms with Crippen LogP contribution < -0.4 is 10.1 Å². The van der Waals surface area contributed by atoms with Crippen molar-refractivity contribution in [3.05, 3.63) is 64.7 Å². The summed E-state index contributed by atoms with van der Waals surface area (Å²) in [5.74, 6) is -0.566. The monoisotopic (exact) mass is 472 g/mol. The molecule has 3 rings (SSSR count). The molecule has 12 heteroatoms. The summed E-state index contributed by atoms with van der Waals surface area (Å²) >= 11 is 0. The molecule has 0 spiro atoms. The molecule has 0 saturated carbocycles. The van der Waals surface area contributed by atoms with Crippen molar-refractivity contribution in [1.82, 2.24) is 10.2 Å². The number of alkyl halides is 9. The predicted octanol–water partition coefficient (Wildman–Crippen LogP) is 5.62. The van der Waals surface area contributed by atoms with Crippen LogP contribution in [-0.4, -0.2) is 37.4 Å². The van der Waals surface area contributed by atoms with Gasteiger partial charge in [-0.25, -0.2) is 0 Å². The number of benzene rings is 2. The Morgan fingerprint density at radius 1 is 0.781 bits per heavy atom. The molecule has 1 atom stereocenters. The molecule has 1 heterocycles. The number of halogens is 9. The number of hydrogen-bond donors (Lipinski definition) is 1. The molecule has 0 amide bonds. The van der Waals surface area contributed by atoms with Gasteiger partial charge in [-0.2, -0.15) is 26.3 Å². The van der Waals surface area contributed by atoms with Gasteiger partial charge in [0.15, 0.2) is 0 Å². The maximum atomic E-state index is 13.8. The van der Waals surface area contributed by atoms with Gasteiger partial charge < -0.3 is 10.1 Å². The van der Waals surface area contributed by atoms with Crippen LogP contribution in [0.2, 0.25) is 0 Å². The summed E-state index contributed by atoms with van der Waals surface area (Å²) in [6.07, 6.45) is -15.0. The third-order valence-corrected chi connectivity index (χ3v) is 4.93. The second-order valence-corrected chi connectivity index (χ2v) is 7.10. The highest BCUT2D eigenvalue weighted by atomic mass is 19.4. The molecule has 0 aromatic heterocycles. The normalized spacial score (nSPS) is 17.3. The van der Waals surface area contributed by atoms with Gasteiger partial charge in [-0.15, -0.1) is 13.2 Å². The quantitative estimate of drug-likeness (QED) is 0.585. The van der Waals surface area contributed by atoms with E-state index in [9.17, 15) is 39.5 Å². The van der Waals surface area contributed by atoms with E-state index in [2.05, 4.69) is 10.1 Å². The van der Waals surface area contributed by atoms with E-state index >= 15 is 0 Å². The first-order chi connectivity index (χ1) is 14.8. The Morgan fingerprint density at radius 2 is 1.38 bits per heavy atom. The first kappa shape index (κ1) is 24.2. The van der Waals surface area contributed by atoms with Crippen molar-refractivity contribution in [1.29, 1.82) is 0 Å². The summed E-state index contributed by atoms with van der Waals surface area (Å²) in [5, 5.41) is 3.02. The molecule has 176 valence electrons. The molecular weight excluding hydrogens is 455 g/mol. The molecule has 32 heavy (non-hydrogen) atoms. The molecule has 1 saturated heterocycles. The van der Waals surface area contributed by atoms with Crippen molar-refractivity contribution in [2.45, 2.75) is 24.8 Å². The molecule has 1 N–H and O–H groups in total. The van der Waals surface area contributed by atoms with Crippen LogP contribution >= 0.6 is 0 Å². The molecule has 2 aromatic carbocycles. The van der Waals surface area contributed by atoms with Crippen LogP contribution in [0.1, 0.15) is 28.3 Å². The van der Waals surface area contributed by atoms with Crippen LogP contribution in [0, 0.1) is 0 Å². The van der Waals surface area contributed by atoms with Crippen LogP contribution in [0.5, 0.6) is 5.75 Å². The number of nitrogens with one attached hydrogen (secondary N) is 1. The van der Waals surface area contributed by atoms with Crippen LogP contribution in [0.4, 0.5) is 39.5 Å². The number of piperazine rings is 1. The van der Waals surface area contributed by atoms with Gasteiger partial charge in [0.05, 0.1) is 17.2 Å². The zero-order chi connectivity index (χ0) is 23.7. The molecule has 0 radical (unpaired) electrons. The first-order valence-corrected chi connectivity index (χ1v) is 9.34. The summed E-state index contributed by atoms with van der Waals surface area (Å²) in [5.41, 5.74) is -3.13. The molecule has 0 unspecified atom stereocenters.